The van der Waals surface area contributed by atoms with Crippen LogP contribution >= 0.6 is 23.5 Å². The number of tetrazole rings is 1. The van der Waals surface area contributed by atoms with E-state index in [-0.39, 0.29) is 34.0 Å². The van der Waals surface area contributed by atoms with Crippen LogP contribution in [0.15, 0.2) is 39.6 Å². The van der Waals surface area contributed by atoms with Crippen LogP contribution in [0.1, 0.15) is 29.2 Å². The molecule has 0 radical (unpaired) electrons. The Kier molecular flexibility index (Phi) is 8.55. The minimum atomic E-state index is -1.28. The van der Waals surface area contributed by atoms with Crippen LogP contribution < -0.4 is 21.4 Å². The average Bonchev–Trinajstić information content (AvgIpc) is 3.80. The summed E-state index contributed by atoms with van der Waals surface area (Å²) in [6.07, 6.45) is 3.29. The Morgan fingerprint density at radius 1 is 1.18 bits per heavy atom. The van der Waals surface area contributed by atoms with Gasteiger partial charge >= 0.3 is 11.9 Å². The zero-order valence-corrected chi connectivity index (χ0v) is 25.7. The van der Waals surface area contributed by atoms with Gasteiger partial charge < -0.3 is 30.7 Å². The van der Waals surface area contributed by atoms with Crippen molar-refractivity contribution in [3.8, 4) is 0 Å². The lowest BCUT2D eigenvalue weighted by atomic mass is 10.0. The predicted molar refractivity (Wildman–Crippen MR) is 164 cm³/mol. The zero-order valence-electron chi connectivity index (χ0n) is 24.1. The number of β-lactam (4-membered cyclic amide) rings is 1. The summed E-state index contributed by atoms with van der Waals surface area (Å²) in [5, 5.41) is 33.4. The van der Waals surface area contributed by atoms with Gasteiger partial charge in [0.15, 0.2) is 0 Å². The Hall–Kier alpha value is -4.00. The number of piperazine rings is 1. The van der Waals surface area contributed by atoms with E-state index in [0.29, 0.717) is 46.5 Å². The lowest BCUT2D eigenvalue weighted by molar-refractivity contribution is -0.147. The number of aliphatic carboxylic acids is 1. The molecule has 0 spiro atoms. The summed E-state index contributed by atoms with van der Waals surface area (Å²) < 4.78 is 17.9. The fourth-order valence-corrected chi connectivity index (χ4v) is 7.78. The molecule has 238 valence electrons. The molecule has 18 heteroatoms. The van der Waals surface area contributed by atoms with E-state index in [2.05, 4.69) is 20.8 Å². The number of hydrogen-bond acceptors (Lipinski definition) is 12. The highest BCUT2D eigenvalue weighted by Crippen LogP contribution is 2.41. The summed E-state index contributed by atoms with van der Waals surface area (Å²) in [6, 6.07) is 2.47. The Bertz CT molecular complexity index is 1790. The smallest absolute Gasteiger partial charge is 0.352 e. The molecule has 2 atom stereocenters. The summed E-state index contributed by atoms with van der Waals surface area (Å²) in [4.78, 5) is 50.3. The van der Waals surface area contributed by atoms with Crippen LogP contribution in [-0.2, 0) is 16.6 Å². The molecule has 4 aliphatic rings. The largest absolute Gasteiger partial charge is 0.477 e. The molecular weight excluding hydrogens is 629 g/mol. The van der Waals surface area contributed by atoms with Crippen molar-refractivity contribution in [1.82, 2.24) is 35.0 Å². The van der Waals surface area contributed by atoms with Crippen molar-refractivity contribution in [1.29, 1.82) is 0 Å². The number of carboxylic acids is 2. The normalized spacial score (nSPS) is 21.3. The Labute approximate surface area is 263 Å². The van der Waals surface area contributed by atoms with Crippen molar-refractivity contribution in [3.63, 3.8) is 0 Å². The number of amides is 1. The summed E-state index contributed by atoms with van der Waals surface area (Å²) in [5.41, 5.74) is 6.58. The van der Waals surface area contributed by atoms with E-state index in [0.717, 1.165) is 25.9 Å². The molecule has 3 fully saturated rings. The molecule has 5 N–H and O–H groups in total. The molecule has 1 aliphatic carbocycles. The van der Waals surface area contributed by atoms with Crippen molar-refractivity contribution in [2.45, 2.75) is 35.5 Å². The van der Waals surface area contributed by atoms with E-state index in [1.807, 2.05) is 9.47 Å². The molecule has 0 unspecified atom stereocenters. The predicted octanol–water partition coefficient (Wildman–Crippen LogP) is 0.467. The van der Waals surface area contributed by atoms with Crippen molar-refractivity contribution in [2.24, 2.45) is 12.8 Å². The number of pyridine rings is 1. The Morgan fingerprint density at radius 2 is 1.91 bits per heavy atom. The maximum Gasteiger partial charge on any atom is 0.352 e. The van der Waals surface area contributed by atoms with E-state index in [9.17, 15) is 33.8 Å². The van der Waals surface area contributed by atoms with Crippen LogP contribution in [0.4, 0.5) is 10.1 Å². The van der Waals surface area contributed by atoms with Gasteiger partial charge in [0.1, 0.15) is 28.5 Å². The third kappa shape index (κ3) is 5.89. The lowest BCUT2D eigenvalue weighted by Crippen LogP contribution is -2.68. The second-order valence-corrected chi connectivity index (χ2v) is 13.0. The molecule has 2 aromatic heterocycles. The number of halogens is 1. The molecule has 2 saturated heterocycles. The van der Waals surface area contributed by atoms with Crippen molar-refractivity contribution >= 4 is 58.0 Å². The minimum absolute atomic E-state index is 0.0491. The number of hydrogen-bond donors (Lipinski definition) is 4. The highest BCUT2D eigenvalue weighted by atomic mass is 32.2. The molecule has 15 nitrogen and oxygen atoms in total. The lowest BCUT2D eigenvalue weighted by Gasteiger charge is -2.48. The third-order valence-corrected chi connectivity index (χ3v) is 10.4. The van der Waals surface area contributed by atoms with Crippen LogP contribution in [0, 0.1) is 5.82 Å². The number of rotatable bonds is 7. The number of fused-ring (bicyclic) bond motifs is 2. The first-order chi connectivity index (χ1) is 21.6. The van der Waals surface area contributed by atoms with Gasteiger partial charge in [0.25, 0.3) is 0 Å². The number of aromatic nitrogens is 5. The van der Waals surface area contributed by atoms with Gasteiger partial charge in [-0.25, -0.2) is 18.7 Å². The van der Waals surface area contributed by atoms with Gasteiger partial charge in [0.2, 0.25) is 16.5 Å². The number of aryl methyl sites for hydroxylation is 1. The number of nitrogens with one attached hydrogen (secondary N) is 1. The second kappa shape index (κ2) is 12.4. The van der Waals surface area contributed by atoms with Crippen molar-refractivity contribution in [2.75, 3.05) is 42.6 Å². The van der Waals surface area contributed by atoms with Crippen LogP contribution in [0.3, 0.4) is 0 Å². The number of benzene rings is 1. The number of carbonyl (C=O) groups is 3. The number of nitrogens with zero attached hydrogens (tertiary/aromatic N) is 7. The number of carbonyl (C=O) groups excluding carboxylic acids is 1. The average molecular weight is 660 g/mol. The van der Waals surface area contributed by atoms with Gasteiger partial charge in [-0.05, 0) is 41.0 Å². The topological polar surface area (TPSA) is 202 Å². The number of thioether (sulfide) groups is 2. The van der Waals surface area contributed by atoms with E-state index >= 15 is 0 Å². The molecule has 1 amide bonds. The maximum absolute atomic E-state index is 14.6. The molecule has 1 aromatic carbocycles. The summed E-state index contributed by atoms with van der Waals surface area (Å²) in [6.45, 7) is 2.96. The zero-order chi connectivity index (χ0) is 32.0. The van der Waals surface area contributed by atoms with Gasteiger partial charge in [-0.2, -0.15) is 0 Å². The number of nitrogens with two attached hydrogens (primary N) is 1. The van der Waals surface area contributed by atoms with Crippen molar-refractivity contribution < 1.29 is 29.0 Å². The highest BCUT2D eigenvalue weighted by Gasteiger charge is 2.51. The standard InChI is InChI=1S/C17H18FN3O3.C10H12N6O3S2/c18-13-7-11-14(8-15(13)20-5-3-19-4-6-20)21(10-1-2-10)9-12(16(11)22)17(23)24;1-15-10(12-13-14-15)21-3-4-2-20-8-5(11)7(17)16(8)6(4)9(18)19/h7-10,19H,1-6H2,(H,23,24);5,8H,2-3,11H2,1H3,(H,18,19)/t;5-,8-/m.1/s1. The van der Waals surface area contributed by atoms with Gasteiger partial charge in [0, 0.05) is 62.4 Å². The number of aromatic carboxylic acids is 1. The van der Waals surface area contributed by atoms with Gasteiger partial charge in [0.05, 0.1) is 11.2 Å². The molecule has 0 bridgehead atoms. The first-order valence-corrected chi connectivity index (χ1v) is 16.2. The summed E-state index contributed by atoms with van der Waals surface area (Å²) >= 11 is 2.82. The number of carboxylic acid groups (broad SMARTS) is 2. The fraction of sp³-hybridized carbons (Fsp3) is 0.444. The van der Waals surface area contributed by atoms with Gasteiger partial charge in [-0.15, -0.1) is 16.9 Å². The van der Waals surface area contributed by atoms with E-state index in [4.69, 9.17) is 5.73 Å². The first kappa shape index (κ1) is 31.0. The summed E-state index contributed by atoms with van der Waals surface area (Å²) in [7, 11) is 1.71. The van der Waals surface area contributed by atoms with Crippen LogP contribution in [0.25, 0.3) is 10.9 Å². The molecule has 45 heavy (non-hydrogen) atoms. The second-order valence-electron chi connectivity index (χ2n) is 10.9. The van der Waals surface area contributed by atoms with Crippen molar-refractivity contribution in [3.05, 3.63) is 51.2 Å². The Morgan fingerprint density at radius 3 is 2.53 bits per heavy atom. The fourth-order valence-electron chi connectivity index (χ4n) is 5.50. The van der Waals surface area contributed by atoms with E-state index < -0.39 is 29.2 Å². The highest BCUT2D eigenvalue weighted by molar-refractivity contribution is 8.01. The molecule has 3 aromatic rings. The molecule has 7 rings (SSSR count). The Balaban J connectivity index is 0.000000160. The molecular formula is C27H30FN9O6S2. The first-order valence-electron chi connectivity index (χ1n) is 14.1. The maximum atomic E-state index is 14.6. The minimum Gasteiger partial charge on any atom is -0.477 e. The third-order valence-electron chi connectivity index (χ3n) is 7.98. The molecule has 3 aliphatic heterocycles. The summed E-state index contributed by atoms with van der Waals surface area (Å²) in [5.74, 6) is -2.26. The van der Waals surface area contributed by atoms with Gasteiger partial charge in [-0.3, -0.25) is 14.5 Å². The van der Waals surface area contributed by atoms with Crippen LogP contribution in [-0.4, -0.2) is 107 Å². The molecule has 5 heterocycles. The molecule has 1 saturated carbocycles. The SMILES string of the molecule is Cn1nnnc1SCC1=C(C(=O)O)N2C(=O)[C@@H](N)[C@H]2SC1.O=C(O)c1cn(C2CC2)c2cc(N3CCNCC3)c(F)cc2c1=O. The monoisotopic (exact) mass is 659 g/mol. The number of anilines is 1. The van der Waals surface area contributed by atoms with Crippen LogP contribution in [0.5, 0.6) is 0 Å². The van der Waals surface area contributed by atoms with E-state index in [1.54, 1.807) is 13.1 Å². The van der Waals surface area contributed by atoms with E-state index in [1.165, 1.54) is 45.4 Å². The quantitative estimate of drug-likeness (QED) is 0.201. The van der Waals surface area contributed by atoms with Crippen LogP contribution in [0.2, 0.25) is 0 Å². The van der Waals surface area contributed by atoms with Gasteiger partial charge in [-0.1, -0.05) is 11.8 Å².